The van der Waals surface area contributed by atoms with Gasteiger partial charge in [0.15, 0.2) is 9.34 Å². The minimum Gasteiger partial charge on any atom is -0.375 e. The molecule has 2 aromatic heterocycles. The van der Waals surface area contributed by atoms with Crippen molar-refractivity contribution in [1.29, 1.82) is 0 Å². The molecule has 3 rings (SSSR count). The van der Waals surface area contributed by atoms with Crippen LogP contribution in [0.5, 0.6) is 0 Å². The Morgan fingerprint density at radius 1 is 1.29 bits per heavy atom. The molecule has 0 fully saturated rings. The van der Waals surface area contributed by atoms with E-state index >= 15 is 0 Å². The highest BCUT2D eigenvalue weighted by Gasteiger charge is 2.22. The Balaban J connectivity index is 2.08. The number of benzene rings is 1. The zero-order chi connectivity index (χ0) is 15.0. The molecule has 6 nitrogen and oxygen atoms in total. The van der Waals surface area contributed by atoms with Gasteiger partial charge < -0.3 is 5.73 Å². The van der Waals surface area contributed by atoms with Crippen molar-refractivity contribution in [3.63, 3.8) is 0 Å². The summed E-state index contributed by atoms with van der Waals surface area (Å²) in [6.07, 6.45) is 3.30. The van der Waals surface area contributed by atoms with Gasteiger partial charge in [0.1, 0.15) is 0 Å². The molecule has 0 saturated carbocycles. The number of hydrogen-bond donors (Lipinski definition) is 2. The van der Waals surface area contributed by atoms with Gasteiger partial charge in [-0.25, -0.2) is 13.4 Å². The van der Waals surface area contributed by atoms with Gasteiger partial charge in [-0.1, -0.05) is 23.5 Å². The summed E-state index contributed by atoms with van der Waals surface area (Å²) in [6.45, 7) is 1.62. The molecule has 0 unspecified atom stereocenters. The van der Waals surface area contributed by atoms with Crippen LogP contribution in [0, 0.1) is 6.92 Å². The summed E-state index contributed by atoms with van der Waals surface area (Å²) in [6, 6.07) is 7.12. The van der Waals surface area contributed by atoms with Crippen molar-refractivity contribution in [2.24, 2.45) is 0 Å². The molecule has 0 aliphatic rings. The fourth-order valence-electron chi connectivity index (χ4n) is 2.05. The number of thiazole rings is 1. The van der Waals surface area contributed by atoms with Crippen LogP contribution < -0.4 is 10.5 Å². The Bertz CT molecular complexity index is 914. The van der Waals surface area contributed by atoms with Gasteiger partial charge in [-0.2, -0.15) is 0 Å². The Labute approximate surface area is 125 Å². The number of rotatable bonds is 3. The first-order chi connectivity index (χ1) is 9.97. The fraction of sp³-hybridized carbons (Fsp3) is 0.0769. The molecular formula is C13H12N4O2S2. The van der Waals surface area contributed by atoms with Crippen LogP contribution in [0.25, 0.3) is 10.8 Å². The molecule has 21 heavy (non-hydrogen) atoms. The van der Waals surface area contributed by atoms with Gasteiger partial charge in [-0.15, -0.1) is 0 Å². The lowest BCUT2D eigenvalue weighted by molar-refractivity contribution is 0.602. The highest BCUT2D eigenvalue weighted by molar-refractivity contribution is 7.94. The van der Waals surface area contributed by atoms with Crippen molar-refractivity contribution in [2.45, 2.75) is 11.1 Å². The van der Waals surface area contributed by atoms with E-state index in [2.05, 4.69) is 14.7 Å². The van der Waals surface area contributed by atoms with E-state index in [0.717, 1.165) is 22.1 Å². The van der Waals surface area contributed by atoms with Gasteiger partial charge >= 0.3 is 0 Å². The van der Waals surface area contributed by atoms with Gasteiger partial charge in [0.2, 0.25) is 0 Å². The Morgan fingerprint density at radius 3 is 2.81 bits per heavy atom. The van der Waals surface area contributed by atoms with Crippen LogP contribution in [0.3, 0.4) is 0 Å². The summed E-state index contributed by atoms with van der Waals surface area (Å²) in [5.74, 6) is 0. The third kappa shape index (κ3) is 2.55. The van der Waals surface area contributed by atoms with Gasteiger partial charge in [-0.05, 0) is 19.1 Å². The lowest BCUT2D eigenvalue weighted by Crippen LogP contribution is -2.13. The zero-order valence-electron chi connectivity index (χ0n) is 11.1. The summed E-state index contributed by atoms with van der Waals surface area (Å²) < 4.78 is 27.7. The van der Waals surface area contributed by atoms with Crippen LogP contribution in [0.2, 0.25) is 0 Å². The molecule has 1 aromatic carbocycles. The number of fused-ring (bicyclic) bond motifs is 1. The molecule has 108 valence electrons. The summed E-state index contributed by atoms with van der Waals surface area (Å²) >= 11 is 0.950. The largest absolute Gasteiger partial charge is 0.375 e. The van der Waals surface area contributed by atoms with Gasteiger partial charge in [0.25, 0.3) is 10.0 Å². The second-order valence-corrected chi connectivity index (χ2v) is 7.34. The average Bonchev–Trinajstić information content (AvgIpc) is 2.79. The molecule has 2 heterocycles. The van der Waals surface area contributed by atoms with Crippen molar-refractivity contribution >= 4 is 43.0 Å². The minimum atomic E-state index is -3.71. The smallest absolute Gasteiger partial charge is 0.273 e. The number of nitrogens with one attached hydrogen (secondary N) is 1. The van der Waals surface area contributed by atoms with E-state index in [1.54, 1.807) is 37.5 Å². The van der Waals surface area contributed by atoms with E-state index < -0.39 is 10.0 Å². The number of nitrogens with zero attached hydrogens (tertiary/aromatic N) is 2. The number of nitrogen functional groups attached to an aromatic ring is 1. The van der Waals surface area contributed by atoms with Crippen LogP contribution in [-0.4, -0.2) is 18.4 Å². The maximum atomic E-state index is 12.5. The third-order valence-corrected chi connectivity index (χ3v) is 5.90. The lowest BCUT2D eigenvalue weighted by Gasteiger charge is -2.09. The SMILES string of the molecule is Cc1nc(N)sc1S(=O)(=O)Nc1cccc2cnccc12. The van der Waals surface area contributed by atoms with Crippen LogP contribution >= 0.6 is 11.3 Å². The first-order valence-electron chi connectivity index (χ1n) is 6.06. The molecule has 0 radical (unpaired) electrons. The van der Waals surface area contributed by atoms with Crippen LogP contribution in [-0.2, 0) is 10.0 Å². The first kappa shape index (κ1) is 13.8. The predicted octanol–water partition coefficient (Wildman–Crippen LogP) is 2.38. The van der Waals surface area contributed by atoms with Crippen LogP contribution in [0.15, 0.2) is 40.9 Å². The molecule has 3 N–H and O–H groups in total. The first-order valence-corrected chi connectivity index (χ1v) is 8.36. The highest BCUT2D eigenvalue weighted by Crippen LogP contribution is 2.29. The quantitative estimate of drug-likeness (QED) is 0.772. The second kappa shape index (κ2) is 4.97. The minimum absolute atomic E-state index is 0.131. The molecule has 0 atom stereocenters. The number of anilines is 2. The summed E-state index contributed by atoms with van der Waals surface area (Å²) in [4.78, 5) is 7.97. The van der Waals surface area contributed by atoms with Crippen molar-refractivity contribution in [3.05, 3.63) is 42.4 Å². The predicted molar refractivity (Wildman–Crippen MR) is 83.8 cm³/mol. The van der Waals surface area contributed by atoms with Gasteiger partial charge in [0.05, 0.1) is 11.4 Å². The Hall–Kier alpha value is -2.19. The van der Waals surface area contributed by atoms with Gasteiger partial charge in [0, 0.05) is 23.2 Å². The molecule has 8 heteroatoms. The number of pyridine rings is 1. The summed E-state index contributed by atoms with van der Waals surface area (Å²) in [7, 11) is -3.71. The van der Waals surface area contributed by atoms with E-state index in [1.165, 1.54) is 0 Å². The topological polar surface area (TPSA) is 98.0 Å². The molecule has 0 aliphatic heterocycles. The zero-order valence-corrected chi connectivity index (χ0v) is 12.7. The second-order valence-electron chi connectivity index (χ2n) is 4.43. The summed E-state index contributed by atoms with van der Waals surface area (Å²) in [5, 5.41) is 1.87. The van der Waals surface area contributed by atoms with E-state index in [1.807, 2.05) is 6.07 Å². The van der Waals surface area contributed by atoms with E-state index in [9.17, 15) is 8.42 Å². The third-order valence-electron chi connectivity index (χ3n) is 2.94. The monoisotopic (exact) mass is 320 g/mol. The average molecular weight is 320 g/mol. The van der Waals surface area contributed by atoms with E-state index in [-0.39, 0.29) is 9.34 Å². The molecule has 0 aliphatic carbocycles. The Morgan fingerprint density at radius 2 is 2.10 bits per heavy atom. The van der Waals surface area contributed by atoms with Crippen LogP contribution in [0.1, 0.15) is 5.69 Å². The normalized spacial score (nSPS) is 11.7. The highest BCUT2D eigenvalue weighted by atomic mass is 32.2. The number of nitrogens with two attached hydrogens (primary N) is 1. The fourth-order valence-corrected chi connectivity index (χ4v) is 4.44. The number of aromatic nitrogens is 2. The number of aryl methyl sites for hydroxylation is 1. The molecule has 0 bridgehead atoms. The van der Waals surface area contributed by atoms with Crippen molar-refractivity contribution in [3.8, 4) is 0 Å². The molecule has 3 aromatic rings. The Kier molecular flexibility index (Phi) is 3.26. The molecule has 0 saturated heterocycles. The maximum Gasteiger partial charge on any atom is 0.273 e. The molecular weight excluding hydrogens is 308 g/mol. The van der Waals surface area contributed by atoms with E-state index in [4.69, 9.17) is 5.73 Å². The van der Waals surface area contributed by atoms with Crippen LogP contribution in [0.4, 0.5) is 10.8 Å². The standard InChI is InChI=1S/C13H12N4O2S2/c1-8-12(20-13(14)16-8)21(18,19)17-11-4-2-3-9-7-15-6-5-10(9)11/h2-7,17H,1H3,(H2,14,16). The maximum absolute atomic E-state index is 12.5. The van der Waals surface area contributed by atoms with Gasteiger partial charge in [-0.3, -0.25) is 9.71 Å². The summed E-state index contributed by atoms with van der Waals surface area (Å²) in [5.41, 5.74) is 6.46. The van der Waals surface area contributed by atoms with Crippen molar-refractivity contribution in [2.75, 3.05) is 10.5 Å². The van der Waals surface area contributed by atoms with Crippen molar-refractivity contribution < 1.29 is 8.42 Å². The van der Waals surface area contributed by atoms with Crippen molar-refractivity contribution in [1.82, 2.24) is 9.97 Å². The number of sulfonamides is 1. The van der Waals surface area contributed by atoms with E-state index in [0.29, 0.717) is 11.4 Å². The molecule has 0 spiro atoms. The lowest BCUT2D eigenvalue weighted by atomic mass is 10.1. The number of hydrogen-bond acceptors (Lipinski definition) is 6. The molecule has 0 amide bonds.